The number of fused-ring (bicyclic) bond motifs is 1. The van der Waals surface area contributed by atoms with Crippen LogP contribution >= 0.6 is 11.3 Å². The summed E-state index contributed by atoms with van der Waals surface area (Å²) in [4.78, 5) is 18.4. The summed E-state index contributed by atoms with van der Waals surface area (Å²) >= 11 is 1.64. The minimum Gasteiger partial charge on any atom is -0.329 e. The third-order valence-corrected chi connectivity index (χ3v) is 5.61. The molecule has 1 amide bonds. The average Bonchev–Trinajstić information content (AvgIpc) is 2.70. The number of amides is 1. The van der Waals surface area contributed by atoms with Crippen LogP contribution in [0.4, 0.5) is 5.13 Å². The number of hydrogen-bond donors (Lipinski definition) is 2. The fourth-order valence-electron chi connectivity index (χ4n) is 2.76. The number of rotatable bonds is 5. The number of aromatic nitrogens is 1. The van der Waals surface area contributed by atoms with Gasteiger partial charge < -0.3 is 11.1 Å². The lowest BCUT2D eigenvalue weighted by Crippen LogP contribution is -2.41. The molecule has 0 atom stereocenters. The third-order valence-electron chi connectivity index (χ3n) is 4.54. The first-order valence-corrected chi connectivity index (χ1v) is 8.47. The summed E-state index contributed by atoms with van der Waals surface area (Å²) in [6, 6.07) is 0. The highest BCUT2D eigenvalue weighted by atomic mass is 32.1. The number of carbonyl (C=O) groups is 1. The Balaban J connectivity index is 2.12. The molecule has 0 saturated carbocycles. The van der Waals surface area contributed by atoms with E-state index in [1.807, 2.05) is 13.8 Å². The van der Waals surface area contributed by atoms with Crippen LogP contribution < -0.4 is 11.1 Å². The highest BCUT2D eigenvalue weighted by Crippen LogP contribution is 2.31. The molecule has 4 nitrogen and oxygen atoms in total. The van der Waals surface area contributed by atoms with E-state index >= 15 is 0 Å². The summed E-state index contributed by atoms with van der Waals surface area (Å²) in [5.41, 5.74) is 6.56. The largest absolute Gasteiger partial charge is 0.329 e. The second-order valence-electron chi connectivity index (χ2n) is 5.60. The molecular formula is C15H25N3OS. The maximum atomic E-state index is 12.5. The van der Waals surface area contributed by atoms with Gasteiger partial charge in [-0.3, -0.25) is 4.79 Å². The first kappa shape index (κ1) is 15.4. The van der Waals surface area contributed by atoms with E-state index in [1.165, 1.54) is 29.8 Å². The number of aryl methyl sites for hydroxylation is 2. The first-order valence-electron chi connectivity index (χ1n) is 7.65. The number of nitrogens with zero attached hydrogens (tertiary/aromatic N) is 1. The molecule has 0 saturated heterocycles. The maximum Gasteiger partial charge on any atom is 0.233 e. The van der Waals surface area contributed by atoms with Gasteiger partial charge in [0.15, 0.2) is 5.13 Å². The summed E-state index contributed by atoms with van der Waals surface area (Å²) < 4.78 is 0. The van der Waals surface area contributed by atoms with Gasteiger partial charge in [0.2, 0.25) is 5.91 Å². The zero-order chi connectivity index (χ0) is 14.6. The Morgan fingerprint density at radius 3 is 2.65 bits per heavy atom. The SMILES string of the molecule is CCC(CC)(CN)C(=O)Nc1nc2c(s1)CCCCC2. The van der Waals surface area contributed by atoms with Crippen LogP contribution in [-0.4, -0.2) is 17.4 Å². The van der Waals surface area contributed by atoms with E-state index in [1.54, 1.807) is 11.3 Å². The van der Waals surface area contributed by atoms with Crippen LogP contribution in [0.3, 0.4) is 0 Å². The predicted octanol–water partition coefficient (Wildman–Crippen LogP) is 3.12. The van der Waals surface area contributed by atoms with Crippen LogP contribution in [-0.2, 0) is 17.6 Å². The Kier molecular flexibility index (Phi) is 5.16. The van der Waals surface area contributed by atoms with Crippen LogP contribution in [0, 0.1) is 5.41 Å². The molecule has 1 heterocycles. The summed E-state index contributed by atoms with van der Waals surface area (Å²) in [5, 5.41) is 3.75. The Labute approximate surface area is 125 Å². The Morgan fingerprint density at radius 2 is 2.00 bits per heavy atom. The summed E-state index contributed by atoms with van der Waals surface area (Å²) in [6.45, 7) is 4.43. The zero-order valence-corrected chi connectivity index (χ0v) is 13.3. The normalized spacial score (nSPS) is 15.6. The van der Waals surface area contributed by atoms with Crippen molar-refractivity contribution < 1.29 is 4.79 Å². The predicted molar refractivity (Wildman–Crippen MR) is 84.1 cm³/mol. The van der Waals surface area contributed by atoms with Gasteiger partial charge in [0.25, 0.3) is 0 Å². The zero-order valence-electron chi connectivity index (χ0n) is 12.5. The van der Waals surface area contributed by atoms with Crippen molar-refractivity contribution in [2.45, 2.75) is 58.8 Å². The molecule has 20 heavy (non-hydrogen) atoms. The molecule has 0 spiro atoms. The Bertz CT molecular complexity index is 434. The summed E-state index contributed by atoms with van der Waals surface area (Å²) in [7, 11) is 0. The van der Waals surface area contributed by atoms with E-state index in [0.717, 1.165) is 30.8 Å². The molecule has 1 aliphatic carbocycles. The van der Waals surface area contributed by atoms with Crippen LogP contribution in [0.15, 0.2) is 0 Å². The third kappa shape index (κ3) is 3.04. The summed E-state index contributed by atoms with van der Waals surface area (Å²) in [6.07, 6.45) is 7.40. The quantitative estimate of drug-likeness (QED) is 0.820. The van der Waals surface area contributed by atoms with Gasteiger partial charge in [-0.1, -0.05) is 20.3 Å². The van der Waals surface area contributed by atoms with Crippen molar-refractivity contribution in [1.29, 1.82) is 0 Å². The monoisotopic (exact) mass is 295 g/mol. The molecule has 0 unspecified atom stereocenters. The van der Waals surface area contributed by atoms with E-state index in [0.29, 0.717) is 6.54 Å². The second-order valence-corrected chi connectivity index (χ2v) is 6.68. The number of carbonyl (C=O) groups excluding carboxylic acids is 1. The van der Waals surface area contributed by atoms with Crippen LogP contribution in [0.25, 0.3) is 0 Å². The van der Waals surface area contributed by atoms with Crippen LogP contribution in [0.1, 0.15) is 56.5 Å². The van der Waals surface area contributed by atoms with Crippen molar-refractivity contribution in [2.75, 3.05) is 11.9 Å². The molecule has 0 aromatic carbocycles. The van der Waals surface area contributed by atoms with Gasteiger partial charge in [-0.25, -0.2) is 4.98 Å². The Morgan fingerprint density at radius 1 is 1.30 bits per heavy atom. The number of hydrogen-bond acceptors (Lipinski definition) is 4. The lowest BCUT2D eigenvalue weighted by Gasteiger charge is -2.27. The van der Waals surface area contributed by atoms with Gasteiger partial charge in [0, 0.05) is 11.4 Å². The van der Waals surface area contributed by atoms with Crippen molar-refractivity contribution in [1.82, 2.24) is 4.98 Å². The Hall–Kier alpha value is -0.940. The molecule has 5 heteroatoms. The molecule has 3 N–H and O–H groups in total. The maximum absolute atomic E-state index is 12.5. The highest BCUT2D eigenvalue weighted by molar-refractivity contribution is 7.15. The van der Waals surface area contributed by atoms with Crippen molar-refractivity contribution in [3.63, 3.8) is 0 Å². The fraction of sp³-hybridized carbons (Fsp3) is 0.733. The highest BCUT2D eigenvalue weighted by Gasteiger charge is 2.34. The molecular weight excluding hydrogens is 270 g/mol. The van der Waals surface area contributed by atoms with Gasteiger partial charge in [0.1, 0.15) is 0 Å². The van der Waals surface area contributed by atoms with Gasteiger partial charge in [0.05, 0.1) is 11.1 Å². The van der Waals surface area contributed by atoms with Crippen molar-refractivity contribution in [2.24, 2.45) is 11.1 Å². The van der Waals surface area contributed by atoms with Crippen molar-refractivity contribution >= 4 is 22.4 Å². The molecule has 2 rings (SSSR count). The molecule has 1 aromatic rings. The molecule has 0 fully saturated rings. The van der Waals surface area contributed by atoms with Crippen molar-refractivity contribution in [3.8, 4) is 0 Å². The van der Waals surface area contributed by atoms with E-state index in [-0.39, 0.29) is 5.91 Å². The fourth-order valence-corrected chi connectivity index (χ4v) is 3.81. The van der Waals surface area contributed by atoms with E-state index < -0.39 is 5.41 Å². The van der Waals surface area contributed by atoms with Crippen LogP contribution in [0.2, 0.25) is 0 Å². The van der Waals surface area contributed by atoms with Gasteiger partial charge in [-0.2, -0.15) is 0 Å². The second kappa shape index (κ2) is 6.68. The topological polar surface area (TPSA) is 68.0 Å². The van der Waals surface area contributed by atoms with Gasteiger partial charge in [-0.05, 0) is 38.5 Å². The van der Waals surface area contributed by atoms with Crippen LogP contribution in [0.5, 0.6) is 0 Å². The number of thiazole rings is 1. The van der Waals surface area contributed by atoms with E-state index in [4.69, 9.17) is 5.73 Å². The first-order chi connectivity index (χ1) is 9.65. The number of nitrogens with one attached hydrogen (secondary N) is 1. The van der Waals surface area contributed by atoms with E-state index in [9.17, 15) is 4.79 Å². The molecule has 1 aromatic heterocycles. The lowest BCUT2D eigenvalue weighted by molar-refractivity contribution is -0.125. The average molecular weight is 295 g/mol. The van der Waals surface area contributed by atoms with E-state index in [2.05, 4.69) is 10.3 Å². The van der Waals surface area contributed by atoms with Gasteiger partial charge in [-0.15, -0.1) is 11.3 Å². The molecule has 0 radical (unpaired) electrons. The standard InChI is InChI=1S/C15H25N3OS/c1-3-15(4-2,10-16)13(19)18-14-17-11-8-6-5-7-9-12(11)20-14/h3-10,16H2,1-2H3,(H,17,18,19). The molecule has 112 valence electrons. The minimum atomic E-state index is -0.455. The molecule has 1 aliphatic rings. The number of nitrogens with two attached hydrogens (primary N) is 1. The summed E-state index contributed by atoms with van der Waals surface area (Å²) in [5.74, 6) is 0.0221. The molecule has 0 aliphatic heterocycles. The smallest absolute Gasteiger partial charge is 0.233 e. The van der Waals surface area contributed by atoms with Crippen molar-refractivity contribution in [3.05, 3.63) is 10.6 Å². The van der Waals surface area contributed by atoms with Gasteiger partial charge >= 0.3 is 0 Å². The number of anilines is 1. The molecule has 0 bridgehead atoms. The minimum absolute atomic E-state index is 0.0221. The lowest BCUT2D eigenvalue weighted by atomic mass is 9.81.